The molecule has 1 fully saturated rings. The summed E-state index contributed by atoms with van der Waals surface area (Å²) in [7, 11) is 0. The van der Waals surface area contributed by atoms with Crippen LogP contribution in [-0.4, -0.2) is 56.1 Å². The van der Waals surface area contributed by atoms with Crippen LogP contribution < -0.4 is 4.46 Å². The molecule has 1 unspecified atom stereocenters. The number of esters is 1. The Morgan fingerprint density at radius 2 is 1.61 bits per heavy atom. The molecule has 2 aromatic rings. The maximum atomic E-state index is 13.3. The summed E-state index contributed by atoms with van der Waals surface area (Å²) in [4.78, 5) is 39.4. The van der Waals surface area contributed by atoms with Gasteiger partial charge < -0.3 is 0 Å². The zero-order valence-electron chi connectivity index (χ0n) is 17.9. The SMILES string of the molecule is CC(C)(C)OC(=O)N1C(=O)C([Se]c2ccccc2)CC[C@H]1COC(=O)c1ccccc1. The fraction of sp³-hybridized carbons (Fsp3) is 0.375. The minimum absolute atomic E-state index is 0.0518. The Kier molecular flexibility index (Phi) is 7.52. The predicted octanol–water partition coefficient (Wildman–Crippen LogP) is 3.59. The first-order valence-electron chi connectivity index (χ1n) is 10.2. The van der Waals surface area contributed by atoms with E-state index in [-0.39, 0.29) is 32.3 Å². The molecule has 31 heavy (non-hydrogen) atoms. The monoisotopic (exact) mass is 489 g/mol. The molecule has 2 aromatic carbocycles. The molecular formula is C24H27NO5Se. The fourth-order valence-corrected chi connectivity index (χ4v) is 5.57. The molecule has 0 N–H and O–H groups in total. The summed E-state index contributed by atoms with van der Waals surface area (Å²) in [6.45, 7) is 5.23. The van der Waals surface area contributed by atoms with Crippen molar-refractivity contribution in [1.82, 2.24) is 4.90 Å². The van der Waals surface area contributed by atoms with E-state index in [1.807, 2.05) is 36.4 Å². The van der Waals surface area contributed by atoms with Crippen LogP contribution in [0.4, 0.5) is 4.79 Å². The van der Waals surface area contributed by atoms with Crippen LogP contribution in [0, 0.1) is 0 Å². The Labute approximate surface area is 189 Å². The molecule has 0 radical (unpaired) electrons. The second-order valence-corrected chi connectivity index (χ2v) is 11.0. The number of nitrogens with zero attached hydrogens (tertiary/aromatic N) is 1. The van der Waals surface area contributed by atoms with Crippen molar-refractivity contribution in [2.24, 2.45) is 0 Å². The van der Waals surface area contributed by atoms with E-state index in [2.05, 4.69) is 0 Å². The Morgan fingerprint density at radius 3 is 2.23 bits per heavy atom. The van der Waals surface area contributed by atoms with Crippen LogP contribution in [0.1, 0.15) is 44.0 Å². The first-order valence-corrected chi connectivity index (χ1v) is 12.1. The van der Waals surface area contributed by atoms with Gasteiger partial charge in [0.25, 0.3) is 0 Å². The molecule has 1 saturated heterocycles. The van der Waals surface area contributed by atoms with Gasteiger partial charge in [0.15, 0.2) is 0 Å². The van der Waals surface area contributed by atoms with Gasteiger partial charge in [-0.15, -0.1) is 0 Å². The van der Waals surface area contributed by atoms with E-state index in [4.69, 9.17) is 9.47 Å². The molecule has 0 aromatic heterocycles. The topological polar surface area (TPSA) is 72.9 Å². The Balaban J connectivity index is 1.73. The number of likely N-dealkylation sites (tertiary alicyclic amines) is 1. The number of rotatable bonds is 5. The summed E-state index contributed by atoms with van der Waals surface area (Å²) in [6.07, 6.45) is 0.513. The van der Waals surface area contributed by atoms with Gasteiger partial charge in [-0.1, -0.05) is 0 Å². The standard InChI is InChI=1S/C24H27NO5Se/c1-24(2,3)30-23(28)25-18(16-29-22(27)17-10-6-4-7-11-17)14-15-20(21(25)26)31-19-12-8-5-9-13-19/h4-13,18,20H,14-16H2,1-3H3/t18-,20?/m0/s1. The van der Waals surface area contributed by atoms with E-state index in [1.54, 1.807) is 45.0 Å². The minimum atomic E-state index is -0.736. The Morgan fingerprint density at radius 1 is 1.00 bits per heavy atom. The maximum absolute atomic E-state index is 13.3. The third kappa shape index (κ3) is 6.42. The van der Waals surface area contributed by atoms with Gasteiger partial charge in [-0.3, -0.25) is 0 Å². The van der Waals surface area contributed by atoms with Crippen LogP contribution in [0.3, 0.4) is 0 Å². The molecule has 2 amide bonds. The number of benzene rings is 2. The number of amides is 2. The van der Waals surface area contributed by atoms with Crippen molar-refractivity contribution in [3.05, 3.63) is 66.2 Å². The molecule has 0 aliphatic carbocycles. The summed E-state index contributed by atoms with van der Waals surface area (Å²) in [5.41, 5.74) is -0.307. The van der Waals surface area contributed by atoms with Gasteiger partial charge >= 0.3 is 189 Å². The van der Waals surface area contributed by atoms with Gasteiger partial charge in [0, 0.05) is 0 Å². The van der Waals surface area contributed by atoms with Gasteiger partial charge in [0.2, 0.25) is 0 Å². The molecule has 0 saturated carbocycles. The molecule has 0 bridgehead atoms. The van der Waals surface area contributed by atoms with Crippen molar-refractivity contribution >= 4 is 37.4 Å². The predicted molar refractivity (Wildman–Crippen MR) is 118 cm³/mol. The third-order valence-corrected chi connectivity index (χ3v) is 7.32. The summed E-state index contributed by atoms with van der Waals surface area (Å²) in [6, 6.07) is 17.9. The Bertz CT molecular complexity index is 911. The van der Waals surface area contributed by atoms with Gasteiger partial charge in [0.1, 0.15) is 0 Å². The fourth-order valence-electron chi connectivity index (χ4n) is 3.24. The average molecular weight is 488 g/mol. The van der Waals surface area contributed by atoms with E-state index in [0.717, 1.165) is 4.46 Å². The quantitative estimate of drug-likeness (QED) is 0.475. The molecular weight excluding hydrogens is 461 g/mol. The summed E-state index contributed by atoms with van der Waals surface area (Å²) in [5, 5.41) is 0. The second kappa shape index (κ2) is 10.1. The van der Waals surface area contributed by atoms with Gasteiger partial charge in [0.05, 0.1) is 0 Å². The molecule has 3 rings (SSSR count). The van der Waals surface area contributed by atoms with Crippen molar-refractivity contribution in [1.29, 1.82) is 0 Å². The van der Waals surface area contributed by atoms with E-state index >= 15 is 0 Å². The zero-order valence-corrected chi connectivity index (χ0v) is 19.7. The van der Waals surface area contributed by atoms with Crippen LogP contribution in [0.25, 0.3) is 0 Å². The van der Waals surface area contributed by atoms with Crippen molar-refractivity contribution in [3.8, 4) is 0 Å². The number of imide groups is 1. The molecule has 1 aliphatic rings. The van der Waals surface area contributed by atoms with Crippen molar-refractivity contribution in [2.75, 3.05) is 6.61 Å². The van der Waals surface area contributed by atoms with E-state index in [1.165, 1.54) is 4.90 Å². The van der Waals surface area contributed by atoms with Gasteiger partial charge in [-0.25, -0.2) is 0 Å². The first kappa shape index (κ1) is 23.0. The van der Waals surface area contributed by atoms with Crippen molar-refractivity contribution < 1.29 is 23.9 Å². The van der Waals surface area contributed by atoms with Crippen molar-refractivity contribution in [3.63, 3.8) is 0 Å². The van der Waals surface area contributed by atoms with E-state index in [9.17, 15) is 14.4 Å². The molecule has 1 aliphatic heterocycles. The van der Waals surface area contributed by atoms with Crippen LogP contribution >= 0.6 is 0 Å². The van der Waals surface area contributed by atoms with Gasteiger partial charge in [-0.05, 0) is 0 Å². The number of carbonyl (C=O) groups is 3. The molecule has 2 atom stereocenters. The van der Waals surface area contributed by atoms with Crippen LogP contribution in [0.5, 0.6) is 0 Å². The molecule has 1 heterocycles. The van der Waals surface area contributed by atoms with Crippen LogP contribution in [0.2, 0.25) is 4.82 Å². The number of hydrogen-bond acceptors (Lipinski definition) is 5. The summed E-state index contributed by atoms with van der Waals surface area (Å²) in [5.74, 6) is -0.738. The van der Waals surface area contributed by atoms with Crippen molar-refractivity contribution in [2.45, 2.75) is 50.1 Å². The molecule has 0 spiro atoms. The first-order chi connectivity index (χ1) is 14.7. The second-order valence-electron chi connectivity index (χ2n) is 8.30. The normalized spacial score (nSPS) is 19.1. The summed E-state index contributed by atoms with van der Waals surface area (Å²) >= 11 is -0.107. The molecule has 7 heteroatoms. The number of piperidine rings is 1. The molecule has 6 nitrogen and oxygen atoms in total. The number of ether oxygens (including phenoxy) is 2. The van der Waals surface area contributed by atoms with Gasteiger partial charge in [-0.2, -0.15) is 0 Å². The zero-order chi connectivity index (χ0) is 22.4. The van der Waals surface area contributed by atoms with Crippen LogP contribution in [-0.2, 0) is 14.3 Å². The molecule has 164 valence electrons. The number of carbonyl (C=O) groups excluding carboxylic acids is 3. The van der Waals surface area contributed by atoms with Crippen LogP contribution in [0.15, 0.2) is 60.7 Å². The average Bonchev–Trinajstić information content (AvgIpc) is 2.73. The number of hydrogen-bond donors (Lipinski definition) is 0. The summed E-state index contributed by atoms with van der Waals surface area (Å²) < 4.78 is 12.0. The van der Waals surface area contributed by atoms with E-state index in [0.29, 0.717) is 18.4 Å². The van der Waals surface area contributed by atoms with E-state index < -0.39 is 23.7 Å². The third-order valence-electron chi connectivity index (χ3n) is 4.67. The Hall–Kier alpha value is -2.63.